The molecule has 2 saturated heterocycles. The third-order valence-corrected chi connectivity index (χ3v) is 8.51. The molecule has 2 aromatic rings. The van der Waals surface area contributed by atoms with Gasteiger partial charge < -0.3 is 9.64 Å². The van der Waals surface area contributed by atoms with Crippen molar-refractivity contribution in [2.45, 2.75) is 84.0 Å². The minimum Gasteiger partial charge on any atom is -0.459 e. The molecule has 0 spiro atoms. The van der Waals surface area contributed by atoms with Crippen LogP contribution in [-0.4, -0.2) is 82.5 Å². The molecular weight excluding hydrogens is 581 g/mol. The molecule has 2 fully saturated rings. The fourth-order valence-electron chi connectivity index (χ4n) is 6.22. The van der Waals surface area contributed by atoms with Crippen molar-refractivity contribution >= 4 is 11.9 Å². The number of rotatable bonds is 6. The van der Waals surface area contributed by atoms with Crippen LogP contribution in [0.3, 0.4) is 0 Å². The summed E-state index contributed by atoms with van der Waals surface area (Å²) >= 11 is 0. The third-order valence-electron chi connectivity index (χ3n) is 8.51. The van der Waals surface area contributed by atoms with Crippen molar-refractivity contribution in [3.63, 3.8) is 0 Å². The predicted molar refractivity (Wildman–Crippen MR) is 156 cm³/mol. The fraction of sp³-hybridized carbons (Fsp3) is 0.576. The smallest absolute Gasteiger partial charge is 0.324 e. The van der Waals surface area contributed by atoms with E-state index >= 15 is 0 Å². The molecule has 0 aromatic heterocycles. The highest BCUT2D eigenvalue weighted by Gasteiger charge is 2.46. The summed E-state index contributed by atoms with van der Waals surface area (Å²) in [4.78, 5) is 33.0. The van der Waals surface area contributed by atoms with Crippen LogP contribution in [0.5, 0.6) is 0 Å². The topological polar surface area (TPSA) is 53.1 Å². The largest absolute Gasteiger partial charge is 0.459 e. The van der Waals surface area contributed by atoms with Crippen LogP contribution in [0.2, 0.25) is 0 Å². The number of ether oxygens (including phenoxy) is 1. The summed E-state index contributed by atoms with van der Waals surface area (Å²) in [6, 6.07) is 3.09. The van der Waals surface area contributed by atoms with Crippen LogP contribution in [0.15, 0.2) is 30.3 Å². The first-order valence-corrected chi connectivity index (χ1v) is 15.0. The number of benzene rings is 2. The SMILES string of the molecule is C[C@H]1CN([C@@H](Cc2c(F)cc(F)cc2F)C(=O)OC(C)(C)C)CCN1C(=O)[C@@H]1CN(C(C)(C)C)C[C@H]1c1ccc(F)cc1F. The molecule has 1 amide bonds. The van der Waals surface area contributed by atoms with E-state index in [0.717, 1.165) is 6.07 Å². The highest BCUT2D eigenvalue weighted by atomic mass is 19.2. The van der Waals surface area contributed by atoms with Crippen LogP contribution in [-0.2, 0) is 20.7 Å². The van der Waals surface area contributed by atoms with Gasteiger partial charge in [-0.05, 0) is 60.1 Å². The second kappa shape index (κ2) is 12.7. The normalized spacial score (nSPS) is 22.7. The standard InChI is InChI=1S/C33H42F5N3O3/c1-19-16-39(29(31(43)44-33(5,6)7)15-23-27(37)13-21(35)14-28(23)38)10-11-41(19)30(42)25-18-40(32(2,3)4)17-24(25)22-9-8-20(34)12-26(22)36/h8-9,12-14,19,24-25,29H,10-11,15-18H2,1-7H3/t19-,24-,25+,29-/m0/s1. The summed E-state index contributed by atoms with van der Waals surface area (Å²) in [5.41, 5.74) is -1.30. The number of hydrogen-bond donors (Lipinski definition) is 0. The number of nitrogens with zero attached hydrogens (tertiary/aromatic N) is 3. The van der Waals surface area contributed by atoms with Crippen LogP contribution in [0.1, 0.15) is 65.5 Å². The molecule has 0 radical (unpaired) electrons. The van der Waals surface area contributed by atoms with Gasteiger partial charge in [0.25, 0.3) is 0 Å². The van der Waals surface area contributed by atoms with E-state index < -0.39 is 70.1 Å². The lowest BCUT2D eigenvalue weighted by atomic mass is 9.87. The van der Waals surface area contributed by atoms with Gasteiger partial charge in [-0.3, -0.25) is 19.4 Å². The van der Waals surface area contributed by atoms with Gasteiger partial charge in [-0.2, -0.15) is 0 Å². The predicted octanol–water partition coefficient (Wildman–Crippen LogP) is 5.68. The lowest BCUT2D eigenvalue weighted by Gasteiger charge is -2.44. The van der Waals surface area contributed by atoms with Gasteiger partial charge in [0.2, 0.25) is 5.91 Å². The molecule has 4 rings (SSSR count). The first-order valence-electron chi connectivity index (χ1n) is 15.0. The summed E-state index contributed by atoms with van der Waals surface area (Å²) < 4.78 is 77.2. The maximum atomic E-state index is 15.0. The fourth-order valence-corrected chi connectivity index (χ4v) is 6.22. The van der Waals surface area contributed by atoms with E-state index in [1.807, 2.05) is 27.7 Å². The molecule has 2 aromatic carbocycles. The van der Waals surface area contributed by atoms with Crippen LogP contribution < -0.4 is 0 Å². The minimum absolute atomic E-state index is 0.179. The molecule has 0 bridgehead atoms. The van der Waals surface area contributed by atoms with Crippen molar-refractivity contribution in [3.05, 3.63) is 70.5 Å². The molecule has 0 N–H and O–H groups in total. The minimum atomic E-state index is -1.10. The molecule has 242 valence electrons. The Kier molecular flexibility index (Phi) is 9.80. The van der Waals surface area contributed by atoms with Crippen molar-refractivity contribution in [1.82, 2.24) is 14.7 Å². The summed E-state index contributed by atoms with van der Waals surface area (Å²) in [5.74, 6) is -6.58. The first kappa shape index (κ1) is 33.8. The van der Waals surface area contributed by atoms with Crippen molar-refractivity contribution in [2.75, 3.05) is 32.7 Å². The van der Waals surface area contributed by atoms with E-state index in [-0.39, 0.29) is 43.1 Å². The number of piperazine rings is 1. The second-order valence-corrected chi connectivity index (χ2v) is 13.9. The first-order chi connectivity index (χ1) is 20.4. The third kappa shape index (κ3) is 7.59. The lowest BCUT2D eigenvalue weighted by Crippen LogP contribution is -2.60. The van der Waals surface area contributed by atoms with Gasteiger partial charge in [-0.1, -0.05) is 6.07 Å². The zero-order valence-electron chi connectivity index (χ0n) is 26.4. The van der Waals surface area contributed by atoms with Gasteiger partial charge in [0.1, 0.15) is 40.7 Å². The molecule has 4 atom stereocenters. The average molecular weight is 624 g/mol. The monoisotopic (exact) mass is 623 g/mol. The Hall–Kier alpha value is -3.05. The van der Waals surface area contributed by atoms with Gasteiger partial charge >= 0.3 is 5.97 Å². The van der Waals surface area contributed by atoms with E-state index in [2.05, 4.69) is 4.90 Å². The molecule has 11 heteroatoms. The Morgan fingerprint density at radius 1 is 0.864 bits per heavy atom. The van der Waals surface area contributed by atoms with Gasteiger partial charge in [-0.25, -0.2) is 22.0 Å². The number of likely N-dealkylation sites (tertiary alicyclic amines) is 1. The quantitative estimate of drug-likeness (QED) is 0.306. The number of carbonyl (C=O) groups excluding carboxylic acids is 2. The second-order valence-electron chi connectivity index (χ2n) is 13.9. The van der Waals surface area contributed by atoms with Crippen LogP contribution >= 0.6 is 0 Å². The summed E-state index contributed by atoms with van der Waals surface area (Å²) in [5, 5.41) is 0. The molecule has 0 unspecified atom stereocenters. The molecule has 44 heavy (non-hydrogen) atoms. The van der Waals surface area contributed by atoms with Crippen molar-refractivity contribution in [2.24, 2.45) is 5.92 Å². The zero-order chi connectivity index (χ0) is 32.7. The molecule has 0 saturated carbocycles. The maximum absolute atomic E-state index is 15.0. The zero-order valence-corrected chi connectivity index (χ0v) is 26.4. The highest BCUT2D eigenvalue weighted by Crippen LogP contribution is 2.39. The molecule has 2 aliphatic rings. The van der Waals surface area contributed by atoms with E-state index in [0.29, 0.717) is 25.2 Å². The Bertz CT molecular complexity index is 1370. The lowest BCUT2D eigenvalue weighted by molar-refractivity contribution is -0.163. The number of amides is 1. The van der Waals surface area contributed by atoms with Crippen LogP contribution in [0.25, 0.3) is 0 Å². The van der Waals surface area contributed by atoms with E-state index in [1.54, 1.807) is 30.6 Å². The Morgan fingerprint density at radius 2 is 1.48 bits per heavy atom. The number of esters is 1. The van der Waals surface area contributed by atoms with Crippen molar-refractivity contribution < 1.29 is 36.3 Å². The Labute approximate surface area is 256 Å². The highest BCUT2D eigenvalue weighted by molar-refractivity contribution is 5.81. The number of halogens is 5. The van der Waals surface area contributed by atoms with Crippen molar-refractivity contribution in [3.8, 4) is 0 Å². The van der Waals surface area contributed by atoms with E-state index in [1.165, 1.54) is 12.1 Å². The Balaban J connectivity index is 1.58. The van der Waals surface area contributed by atoms with E-state index in [4.69, 9.17) is 4.74 Å². The number of hydrogen-bond acceptors (Lipinski definition) is 5. The van der Waals surface area contributed by atoms with Gasteiger partial charge in [0, 0.05) is 80.4 Å². The Morgan fingerprint density at radius 3 is 2.02 bits per heavy atom. The maximum Gasteiger partial charge on any atom is 0.324 e. The molecule has 2 aliphatic heterocycles. The van der Waals surface area contributed by atoms with Crippen molar-refractivity contribution in [1.29, 1.82) is 0 Å². The van der Waals surface area contributed by atoms with Gasteiger partial charge in [0.05, 0.1) is 5.92 Å². The van der Waals surface area contributed by atoms with Gasteiger partial charge in [0.15, 0.2) is 0 Å². The van der Waals surface area contributed by atoms with Gasteiger partial charge in [-0.15, -0.1) is 0 Å². The average Bonchev–Trinajstić information content (AvgIpc) is 3.32. The van der Waals surface area contributed by atoms with Crippen LogP contribution in [0, 0.1) is 35.0 Å². The molecular formula is C33H42F5N3O3. The summed E-state index contributed by atoms with van der Waals surface area (Å²) in [6.07, 6.45) is -0.386. The van der Waals surface area contributed by atoms with E-state index in [9.17, 15) is 31.5 Å². The number of carbonyl (C=O) groups is 2. The summed E-state index contributed by atoms with van der Waals surface area (Å²) in [7, 11) is 0. The molecule has 6 nitrogen and oxygen atoms in total. The van der Waals surface area contributed by atoms with Crippen LogP contribution in [0.4, 0.5) is 22.0 Å². The summed E-state index contributed by atoms with van der Waals surface area (Å²) in [6.45, 7) is 14.3. The molecule has 2 heterocycles. The molecule has 0 aliphatic carbocycles.